The predicted molar refractivity (Wildman–Crippen MR) is 87.9 cm³/mol. The number of hydrogen-bond donors (Lipinski definition) is 2. The highest BCUT2D eigenvalue weighted by Crippen LogP contribution is 2.17. The van der Waals surface area contributed by atoms with Crippen LogP contribution in [0.5, 0.6) is 0 Å². The number of benzene rings is 1. The van der Waals surface area contributed by atoms with Crippen LogP contribution in [0.1, 0.15) is 44.9 Å². The fourth-order valence-corrected chi connectivity index (χ4v) is 2.79. The lowest BCUT2D eigenvalue weighted by atomic mass is 10.1. The largest absolute Gasteiger partial charge is 0.478 e. The van der Waals surface area contributed by atoms with E-state index in [-0.39, 0.29) is 23.8 Å². The van der Waals surface area contributed by atoms with Crippen LogP contribution in [0.3, 0.4) is 0 Å². The van der Waals surface area contributed by atoms with Gasteiger partial charge in [0.1, 0.15) is 6.26 Å². The van der Waals surface area contributed by atoms with Gasteiger partial charge in [-0.05, 0) is 17.5 Å². The third-order valence-electron chi connectivity index (χ3n) is 4.16. The lowest BCUT2D eigenvalue weighted by Gasteiger charge is -2.18. The van der Waals surface area contributed by atoms with Crippen LogP contribution in [-0.2, 0) is 17.9 Å². The first-order valence-electron chi connectivity index (χ1n) is 7.99. The van der Waals surface area contributed by atoms with Crippen LogP contribution >= 0.6 is 0 Å². The van der Waals surface area contributed by atoms with Gasteiger partial charge in [0.15, 0.2) is 5.76 Å². The van der Waals surface area contributed by atoms with Gasteiger partial charge < -0.3 is 19.7 Å². The summed E-state index contributed by atoms with van der Waals surface area (Å²) in [5, 5.41) is 11.6. The van der Waals surface area contributed by atoms with E-state index in [1.165, 1.54) is 6.07 Å². The number of nitrogens with zero attached hydrogens (tertiary/aromatic N) is 1. The molecule has 3 rings (SSSR count). The van der Waals surface area contributed by atoms with Gasteiger partial charge in [-0.25, -0.2) is 4.79 Å². The van der Waals surface area contributed by atoms with Crippen molar-refractivity contribution < 1.29 is 23.9 Å². The predicted octanol–water partition coefficient (Wildman–Crippen LogP) is 2.03. The zero-order chi connectivity index (χ0) is 17.8. The van der Waals surface area contributed by atoms with Crippen molar-refractivity contribution in [1.82, 2.24) is 10.2 Å². The molecule has 0 unspecified atom stereocenters. The Hall–Kier alpha value is -3.09. The Morgan fingerprint density at radius 1 is 1.24 bits per heavy atom. The number of rotatable bonds is 6. The number of furan rings is 1. The minimum Gasteiger partial charge on any atom is -0.478 e. The molecular formula is C18H18N2O5. The summed E-state index contributed by atoms with van der Waals surface area (Å²) >= 11 is 0. The number of amides is 2. The molecule has 7 heteroatoms. The van der Waals surface area contributed by atoms with Crippen molar-refractivity contribution in [2.24, 2.45) is 0 Å². The number of carboxylic acid groups (broad SMARTS) is 1. The molecule has 1 aliphatic heterocycles. The second kappa shape index (κ2) is 7.21. The van der Waals surface area contributed by atoms with E-state index in [0.29, 0.717) is 13.0 Å². The Bertz CT molecular complexity index is 811. The number of hydrogen-bond acceptors (Lipinski definition) is 4. The average Bonchev–Trinajstić information content (AvgIpc) is 3.24. The summed E-state index contributed by atoms with van der Waals surface area (Å²) < 4.78 is 4.98. The maximum absolute atomic E-state index is 12.1. The van der Waals surface area contributed by atoms with Crippen LogP contribution in [0.4, 0.5) is 0 Å². The molecule has 7 nitrogen and oxygen atoms in total. The number of carbonyl (C=O) groups is 3. The van der Waals surface area contributed by atoms with Crippen molar-refractivity contribution in [2.45, 2.75) is 25.9 Å². The summed E-state index contributed by atoms with van der Waals surface area (Å²) in [6.45, 7) is 1.54. The number of aromatic carboxylic acids is 1. The van der Waals surface area contributed by atoms with Crippen LogP contribution < -0.4 is 5.32 Å². The monoisotopic (exact) mass is 342 g/mol. The van der Waals surface area contributed by atoms with Crippen LogP contribution in [-0.4, -0.2) is 34.3 Å². The maximum atomic E-state index is 12.1. The van der Waals surface area contributed by atoms with Crippen molar-refractivity contribution in [3.05, 3.63) is 59.0 Å². The first kappa shape index (κ1) is 16.8. The molecular weight excluding hydrogens is 324 g/mol. The Balaban J connectivity index is 1.65. The zero-order valence-corrected chi connectivity index (χ0v) is 13.5. The minimum atomic E-state index is -1.15. The van der Waals surface area contributed by atoms with E-state index in [4.69, 9.17) is 9.52 Å². The Kier molecular flexibility index (Phi) is 4.83. The number of likely N-dealkylation sites (tertiary alicyclic amines) is 1. The molecule has 25 heavy (non-hydrogen) atoms. The van der Waals surface area contributed by atoms with Gasteiger partial charge in [-0.15, -0.1) is 0 Å². The van der Waals surface area contributed by atoms with Crippen molar-refractivity contribution >= 4 is 17.8 Å². The molecule has 2 N–H and O–H groups in total. The van der Waals surface area contributed by atoms with Crippen molar-refractivity contribution in [3.8, 4) is 0 Å². The standard InChI is InChI=1S/C18H18N2O5/c21-16-6-3-7-20(16)10-13-5-2-1-4-12(13)9-19-17(22)15-8-14(11-25-15)18(23)24/h1-2,4-5,8,11H,3,6-7,9-10H2,(H,19,22)(H,23,24). The van der Waals surface area contributed by atoms with Gasteiger partial charge in [-0.3, -0.25) is 9.59 Å². The molecule has 2 aromatic rings. The molecule has 0 spiro atoms. The summed E-state index contributed by atoms with van der Waals surface area (Å²) in [5.41, 5.74) is 1.81. The van der Waals surface area contributed by atoms with Crippen molar-refractivity contribution in [2.75, 3.05) is 6.54 Å². The lowest BCUT2D eigenvalue weighted by molar-refractivity contribution is -0.128. The second-order valence-electron chi connectivity index (χ2n) is 5.88. The normalized spacial score (nSPS) is 13.9. The van der Waals surface area contributed by atoms with Gasteiger partial charge in [0, 0.05) is 32.1 Å². The van der Waals surface area contributed by atoms with Crippen LogP contribution in [0.25, 0.3) is 0 Å². The SMILES string of the molecule is O=C(O)c1coc(C(=O)NCc2ccccc2CN2CCCC2=O)c1. The fraction of sp³-hybridized carbons (Fsp3) is 0.278. The smallest absolute Gasteiger partial charge is 0.338 e. The average molecular weight is 342 g/mol. The number of nitrogens with one attached hydrogen (secondary N) is 1. The molecule has 1 aromatic carbocycles. The van der Waals surface area contributed by atoms with Gasteiger partial charge in [0.25, 0.3) is 5.91 Å². The van der Waals surface area contributed by atoms with E-state index in [1.807, 2.05) is 29.2 Å². The second-order valence-corrected chi connectivity index (χ2v) is 5.88. The molecule has 1 aliphatic rings. The van der Waals surface area contributed by atoms with Gasteiger partial charge in [-0.1, -0.05) is 24.3 Å². The Morgan fingerprint density at radius 3 is 2.64 bits per heavy atom. The molecule has 0 aliphatic carbocycles. The van der Waals surface area contributed by atoms with E-state index >= 15 is 0 Å². The first-order valence-corrected chi connectivity index (χ1v) is 7.99. The number of carboxylic acids is 1. The van der Waals surface area contributed by atoms with Gasteiger partial charge in [0.05, 0.1) is 5.56 Å². The molecule has 1 aromatic heterocycles. The molecule has 130 valence electrons. The first-order chi connectivity index (χ1) is 12.0. The topological polar surface area (TPSA) is 99.8 Å². The molecule has 0 bridgehead atoms. The minimum absolute atomic E-state index is 0.0513. The zero-order valence-electron chi connectivity index (χ0n) is 13.5. The highest BCUT2D eigenvalue weighted by molar-refractivity contribution is 5.95. The maximum Gasteiger partial charge on any atom is 0.338 e. The summed E-state index contributed by atoms with van der Waals surface area (Å²) in [6, 6.07) is 8.77. The van der Waals surface area contributed by atoms with E-state index in [1.54, 1.807) is 0 Å². The third kappa shape index (κ3) is 3.88. The summed E-state index contributed by atoms with van der Waals surface area (Å²) in [6.07, 6.45) is 2.50. The molecule has 2 heterocycles. The summed E-state index contributed by atoms with van der Waals surface area (Å²) in [5.74, 6) is -1.54. The Labute approximate surface area is 144 Å². The molecule has 1 saturated heterocycles. The molecule has 0 atom stereocenters. The highest BCUT2D eigenvalue weighted by Gasteiger charge is 2.21. The van der Waals surface area contributed by atoms with Crippen LogP contribution in [0.2, 0.25) is 0 Å². The molecule has 1 fully saturated rings. The Morgan fingerprint density at radius 2 is 2.00 bits per heavy atom. The van der Waals surface area contributed by atoms with Gasteiger partial charge in [-0.2, -0.15) is 0 Å². The quantitative estimate of drug-likeness (QED) is 0.837. The van der Waals surface area contributed by atoms with Crippen molar-refractivity contribution in [1.29, 1.82) is 0 Å². The van der Waals surface area contributed by atoms with E-state index in [9.17, 15) is 14.4 Å². The number of carbonyl (C=O) groups excluding carboxylic acids is 2. The highest BCUT2D eigenvalue weighted by atomic mass is 16.4. The van der Waals surface area contributed by atoms with Gasteiger partial charge in [0.2, 0.25) is 5.91 Å². The van der Waals surface area contributed by atoms with E-state index in [2.05, 4.69) is 5.32 Å². The van der Waals surface area contributed by atoms with Crippen molar-refractivity contribution in [3.63, 3.8) is 0 Å². The van der Waals surface area contributed by atoms with Gasteiger partial charge >= 0.3 is 5.97 Å². The summed E-state index contributed by atoms with van der Waals surface area (Å²) in [4.78, 5) is 36.5. The molecule has 0 saturated carbocycles. The van der Waals surface area contributed by atoms with Crippen LogP contribution in [0, 0.1) is 0 Å². The van der Waals surface area contributed by atoms with E-state index < -0.39 is 11.9 Å². The molecule has 0 radical (unpaired) electrons. The van der Waals surface area contributed by atoms with E-state index in [0.717, 1.165) is 30.4 Å². The third-order valence-corrected chi connectivity index (χ3v) is 4.16. The lowest BCUT2D eigenvalue weighted by Crippen LogP contribution is -2.26. The van der Waals surface area contributed by atoms with Crippen LogP contribution in [0.15, 0.2) is 41.0 Å². The molecule has 2 amide bonds. The summed E-state index contributed by atoms with van der Waals surface area (Å²) in [7, 11) is 0. The fourth-order valence-electron chi connectivity index (χ4n) is 2.79.